The number of carbonyl (C=O) groups is 1. The largest absolute Gasteiger partial charge is 0.460 e. The molecule has 0 heterocycles. The number of carbonyl (C=O) groups excluding carboxylic acids is 1. The quantitative estimate of drug-likeness (QED) is 0.798. The minimum atomic E-state index is -0.561. The van der Waals surface area contributed by atoms with Crippen LogP contribution in [0.1, 0.15) is 44.2 Å². The zero-order valence-corrected chi connectivity index (χ0v) is 10.8. The lowest BCUT2D eigenvalue weighted by Crippen LogP contribution is -2.28. The Morgan fingerprint density at radius 1 is 1.29 bits per heavy atom. The smallest absolute Gasteiger partial charge is 0.322 e. The minimum Gasteiger partial charge on any atom is -0.460 e. The Morgan fingerprint density at radius 2 is 1.88 bits per heavy atom. The van der Waals surface area contributed by atoms with Crippen molar-refractivity contribution in [2.45, 2.75) is 45.8 Å². The Bertz CT molecular complexity index is 357. The van der Waals surface area contributed by atoms with E-state index in [1.54, 1.807) is 6.92 Å². The first-order valence-electron chi connectivity index (χ1n) is 6.05. The lowest BCUT2D eigenvalue weighted by molar-refractivity contribution is -0.146. The topological polar surface area (TPSA) is 52.3 Å². The van der Waals surface area contributed by atoms with Crippen LogP contribution in [0.5, 0.6) is 0 Å². The van der Waals surface area contributed by atoms with Crippen molar-refractivity contribution in [2.75, 3.05) is 0 Å². The van der Waals surface area contributed by atoms with E-state index in [1.165, 1.54) is 5.56 Å². The van der Waals surface area contributed by atoms with Gasteiger partial charge >= 0.3 is 5.97 Å². The van der Waals surface area contributed by atoms with Gasteiger partial charge < -0.3 is 10.5 Å². The molecule has 2 unspecified atom stereocenters. The molecule has 0 fully saturated rings. The Hall–Kier alpha value is -1.35. The molecule has 1 rings (SSSR count). The van der Waals surface area contributed by atoms with Gasteiger partial charge in [0.25, 0.3) is 0 Å². The SMILES string of the molecule is CCC(C)c1ccc(COC(=O)C(C)N)cc1. The van der Waals surface area contributed by atoms with Crippen molar-refractivity contribution in [2.24, 2.45) is 5.73 Å². The molecular formula is C14H21NO2. The van der Waals surface area contributed by atoms with Gasteiger partial charge in [-0.3, -0.25) is 4.79 Å². The molecule has 94 valence electrons. The van der Waals surface area contributed by atoms with Gasteiger partial charge in [0, 0.05) is 0 Å². The predicted octanol–water partition coefficient (Wildman–Crippen LogP) is 2.59. The van der Waals surface area contributed by atoms with E-state index in [2.05, 4.69) is 26.0 Å². The monoisotopic (exact) mass is 235 g/mol. The first-order valence-corrected chi connectivity index (χ1v) is 6.05. The molecule has 0 aliphatic rings. The predicted molar refractivity (Wildman–Crippen MR) is 68.6 cm³/mol. The van der Waals surface area contributed by atoms with Crippen molar-refractivity contribution in [3.63, 3.8) is 0 Å². The van der Waals surface area contributed by atoms with Crippen LogP contribution in [0.3, 0.4) is 0 Å². The van der Waals surface area contributed by atoms with Crippen molar-refractivity contribution in [3.8, 4) is 0 Å². The summed E-state index contributed by atoms with van der Waals surface area (Å²) < 4.78 is 5.05. The Morgan fingerprint density at radius 3 is 2.35 bits per heavy atom. The summed E-state index contributed by atoms with van der Waals surface area (Å²) in [4.78, 5) is 11.2. The molecule has 1 aromatic rings. The highest BCUT2D eigenvalue weighted by atomic mass is 16.5. The molecule has 0 saturated heterocycles. The van der Waals surface area contributed by atoms with Crippen LogP contribution in [0, 0.1) is 0 Å². The summed E-state index contributed by atoms with van der Waals surface area (Å²) >= 11 is 0. The van der Waals surface area contributed by atoms with E-state index in [0.29, 0.717) is 12.5 Å². The molecule has 0 radical (unpaired) electrons. The molecule has 2 N–H and O–H groups in total. The summed E-state index contributed by atoms with van der Waals surface area (Å²) in [5.41, 5.74) is 7.71. The average Bonchev–Trinajstić information content (AvgIpc) is 2.35. The molecule has 0 saturated carbocycles. The maximum atomic E-state index is 11.2. The molecule has 0 aliphatic heterocycles. The number of benzene rings is 1. The van der Waals surface area contributed by atoms with E-state index in [0.717, 1.165) is 12.0 Å². The molecule has 3 nitrogen and oxygen atoms in total. The average molecular weight is 235 g/mol. The van der Waals surface area contributed by atoms with Crippen LogP contribution < -0.4 is 5.73 Å². The lowest BCUT2D eigenvalue weighted by Gasteiger charge is -2.10. The molecule has 2 atom stereocenters. The number of nitrogens with two attached hydrogens (primary N) is 1. The van der Waals surface area contributed by atoms with Gasteiger partial charge in [-0.05, 0) is 30.4 Å². The third-order valence-electron chi connectivity index (χ3n) is 2.91. The first kappa shape index (κ1) is 13.7. The molecule has 0 amide bonds. The van der Waals surface area contributed by atoms with Gasteiger partial charge in [0.1, 0.15) is 12.6 Å². The fourth-order valence-corrected chi connectivity index (χ4v) is 1.46. The Balaban J connectivity index is 2.54. The van der Waals surface area contributed by atoms with Crippen molar-refractivity contribution >= 4 is 5.97 Å². The highest BCUT2D eigenvalue weighted by molar-refractivity contribution is 5.74. The van der Waals surface area contributed by atoms with Crippen molar-refractivity contribution in [1.82, 2.24) is 0 Å². The van der Waals surface area contributed by atoms with Gasteiger partial charge in [0.2, 0.25) is 0 Å². The molecule has 0 spiro atoms. The van der Waals surface area contributed by atoms with Crippen molar-refractivity contribution < 1.29 is 9.53 Å². The van der Waals surface area contributed by atoms with Crippen LogP contribution in [-0.2, 0) is 16.1 Å². The summed E-state index contributed by atoms with van der Waals surface area (Å²) in [5.74, 6) is 0.201. The second-order valence-corrected chi connectivity index (χ2v) is 4.45. The standard InChI is InChI=1S/C14H21NO2/c1-4-10(2)13-7-5-12(6-8-13)9-17-14(16)11(3)15/h5-8,10-11H,4,9,15H2,1-3H3. The molecule has 1 aromatic carbocycles. The van der Waals surface area contributed by atoms with Gasteiger partial charge in [-0.15, -0.1) is 0 Å². The van der Waals surface area contributed by atoms with Crippen LogP contribution in [-0.4, -0.2) is 12.0 Å². The van der Waals surface area contributed by atoms with Crippen LogP contribution in [0.2, 0.25) is 0 Å². The maximum Gasteiger partial charge on any atom is 0.322 e. The number of esters is 1. The molecule has 0 aromatic heterocycles. The summed E-state index contributed by atoms with van der Waals surface area (Å²) in [6, 6.07) is 7.60. The van der Waals surface area contributed by atoms with Crippen LogP contribution >= 0.6 is 0 Å². The fraction of sp³-hybridized carbons (Fsp3) is 0.500. The number of hydrogen-bond donors (Lipinski definition) is 1. The van der Waals surface area contributed by atoms with E-state index >= 15 is 0 Å². The molecular weight excluding hydrogens is 214 g/mol. The Labute approximate surface area is 103 Å². The summed E-state index contributed by atoms with van der Waals surface area (Å²) in [7, 11) is 0. The second kappa shape index (κ2) is 6.40. The van der Waals surface area contributed by atoms with E-state index in [9.17, 15) is 4.79 Å². The van der Waals surface area contributed by atoms with Gasteiger partial charge in [-0.2, -0.15) is 0 Å². The highest BCUT2D eigenvalue weighted by Crippen LogP contribution is 2.18. The third kappa shape index (κ3) is 4.19. The van der Waals surface area contributed by atoms with Crippen molar-refractivity contribution in [3.05, 3.63) is 35.4 Å². The van der Waals surface area contributed by atoms with Crippen LogP contribution in [0.4, 0.5) is 0 Å². The van der Waals surface area contributed by atoms with E-state index in [-0.39, 0.29) is 5.97 Å². The van der Waals surface area contributed by atoms with Gasteiger partial charge in [0.15, 0.2) is 0 Å². The molecule has 0 aliphatic carbocycles. The van der Waals surface area contributed by atoms with Gasteiger partial charge in [-0.25, -0.2) is 0 Å². The first-order chi connectivity index (χ1) is 8.04. The van der Waals surface area contributed by atoms with E-state index in [4.69, 9.17) is 10.5 Å². The minimum absolute atomic E-state index is 0.293. The zero-order valence-electron chi connectivity index (χ0n) is 10.8. The van der Waals surface area contributed by atoms with Crippen LogP contribution in [0.15, 0.2) is 24.3 Å². The summed E-state index contributed by atoms with van der Waals surface area (Å²) in [5, 5.41) is 0. The maximum absolute atomic E-state index is 11.2. The van der Waals surface area contributed by atoms with Crippen LogP contribution in [0.25, 0.3) is 0 Å². The van der Waals surface area contributed by atoms with Crippen molar-refractivity contribution in [1.29, 1.82) is 0 Å². The summed E-state index contributed by atoms with van der Waals surface area (Å²) in [6.45, 7) is 6.28. The number of hydrogen-bond acceptors (Lipinski definition) is 3. The zero-order chi connectivity index (χ0) is 12.8. The third-order valence-corrected chi connectivity index (χ3v) is 2.91. The van der Waals surface area contributed by atoms with Gasteiger partial charge in [-0.1, -0.05) is 38.1 Å². The number of ether oxygens (including phenoxy) is 1. The summed E-state index contributed by atoms with van der Waals surface area (Å²) in [6.07, 6.45) is 1.12. The highest BCUT2D eigenvalue weighted by Gasteiger charge is 2.08. The van der Waals surface area contributed by atoms with E-state index < -0.39 is 6.04 Å². The number of rotatable bonds is 5. The Kier molecular flexibility index (Phi) is 5.16. The normalized spacial score (nSPS) is 14.1. The second-order valence-electron chi connectivity index (χ2n) is 4.45. The molecule has 0 bridgehead atoms. The molecule has 3 heteroatoms. The van der Waals surface area contributed by atoms with E-state index in [1.807, 2.05) is 12.1 Å². The lowest BCUT2D eigenvalue weighted by atomic mass is 9.98. The fourth-order valence-electron chi connectivity index (χ4n) is 1.46. The molecule has 17 heavy (non-hydrogen) atoms. The van der Waals surface area contributed by atoms with Gasteiger partial charge in [0.05, 0.1) is 0 Å².